The SMILES string of the molecule is Cc1cc(N)nc(C)c1CNC(=O)c1cnc(CO)n1Cc1ccc2ncc(Cl)cc2c1. The molecule has 0 spiro atoms. The zero-order valence-electron chi connectivity index (χ0n) is 17.8. The van der Waals surface area contributed by atoms with Gasteiger partial charge in [-0.3, -0.25) is 9.78 Å². The first-order valence-electron chi connectivity index (χ1n) is 10.1. The molecule has 3 aromatic heterocycles. The zero-order chi connectivity index (χ0) is 22.8. The zero-order valence-corrected chi connectivity index (χ0v) is 18.5. The molecule has 4 rings (SSSR count). The molecule has 0 aliphatic carbocycles. The number of hydrogen-bond acceptors (Lipinski definition) is 6. The predicted molar refractivity (Wildman–Crippen MR) is 123 cm³/mol. The molecule has 0 bridgehead atoms. The number of imidazole rings is 1. The van der Waals surface area contributed by atoms with Gasteiger partial charge in [0.2, 0.25) is 0 Å². The van der Waals surface area contributed by atoms with Crippen LogP contribution >= 0.6 is 11.6 Å². The third-order valence-electron chi connectivity index (χ3n) is 5.36. The minimum atomic E-state index is -0.293. The van der Waals surface area contributed by atoms with Gasteiger partial charge in [0.1, 0.15) is 23.9 Å². The lowest BCUT2D eigenvalue weighted by molar-refractivity contribution is 0.0941. The number of rotatable bonds is 6. The number of nitrogens with zero attached hydrogens (tertiary/aromatic N) is 4. The van der Waals surface area contributed by atoms with Crippen LogP contribution in [0, 0.1) is 13.8 Å². The highest BCUT2D eigenvalue weighted by molar-refractivity contribution is 6.31. The lowest BCUT2D eigenvalue weighted by Gasteiger charge is -2.14. The number of carbonyl (C=O) groups is 1. The van der Waals surface area contributed by atoms with E-state index in [0.29, 0.717) is 35.4 Å². The molecule has 1 aromatic carbocycles. The lowest BCUT2D eigenvalue weighted by Crippen LogP contribution is -2.27. The molecule has 4 aromatic rings. The van der Waals surface area contributed by atoms with E-state index in [-0.39, 0.29) is 12.5 Å². The third-order valence-corrected chi connectivity index (χ3v) is 5.57. The number of benzene rings is 1. The van der Waals surface area contributed by atoms with Crippen LogP contribution in [0.25, 0.3) is 10.9 Å². The minimum Gasteiger partial charge on any atom is -0.388 e. The average Bonchev–Trinajstić information content (AvgIpc) is 3.15. The summed E-state index contributed by atoms with van der Waals surface area (Å²) < 4.78 is 1.70. The molecular formula is C23H23ClN6O2. The third kappa shape index (κ3) is 4.42. The number of nitrogens with one attached hydrogen (secondary N) is 1. The van der Waals surface area contributed by atoms with Crippen molar-refractivity contribution in [3.05, 3.63) is 81.7 Å². The summed E-state index contributed by atoms with van der Waals surface area (Å²) in [5, 5.41) is 14.1. The molecule has 8 nitrogen and oxygen atoms in total. The Bertz CT molecular complexity index is 1290. The number of nitrogen functional groups attached to an aromatic ring is 1. The van der Waals surface area contributed by atoms with Crippen LogP contribution in [0.15, 0.2) is 42.7 Å². The van der Waals surface area contributed by atoms with Crippen LogP contribution in [-0.4, -0.2) is 30.5 Å². The highest BCUT2D eigenvalue weighted by Crippen LogP contribution is 2.20. The van der Waals surface area contributed by atoms with E-state index in [2.05, 4.69) is 20.3 Å². The summed E-state index contributed by atoms with van der Waals surface area (Å²) in [6.07, 6.45) is 3.08. The van der Waals surface area contributed by atoms with Crippen LogP contribution in [0.3, 0.4) is 0 Å². The maximum Gasteiger partial charge on any atom is 0.269 e. The molecule has 4 N–H and O–H groups in total. The normalized spacial score (nSPS) is 11.1. The van der Waals surface area contributed by atoms with E-state index in [1.165, 1.54) is 6.20 Å². The van der Waals surface area contributed by atoms with Gasteiger partial charge in [-0.05, 0) is 54.8 Å². The number of carbonyl (C=O) groups excluding carboxylic acids is 1. The second-order valence-electron chi connectivity index (χ2n) is 7.60. The summed E-state index contributed by atoms with van der Waals surface area (Å²) in [6.45, 7) is 4.18. The number of aliphatic hydroxyl groups is 1. The number of halogens is 1. The first kappa shape index (κ1) is 21.7. The number of aliphatic hydroxyl groups excluding tert-OH is 1. The summed E-state index contributed by atoms with van der Waals surface area (Å²) in [6, 6.07) is 9.41. The summed E-state index contributed by atoms with van der Waals surface area (Å²) in [7, 11) is 0. The van der Waals surface area contributed by atoms with E-state index < -0.39 is 0 Å². The van der Waals surface area contributed by atoms with Gasteiger partial charge in [-0.2, -0.15) is 0 Å². The largest absolute Gasteiger partial charge is 0.388 e. The van der Waals surface area contributed by atoms with Crippen LogP contribution in [0.2, 0.25) is 5.02 Å². The van der Waals surface area contributed by atoms with Gasteiger partial charge in [0.05, 0.1) is 16.7 Å². The van der Waals surface area contributed by atoms with Crippen molar-refractivity contribution in [2.24, 2.45) is 0 Å². The number of hydrogen-bond donors (Lipinski definition) is 3. The number of amides is 1. The summed E-state index contributed by atoms with van der Waals surface area (Å²) in [5.74, 6) is 0.562. The molecule has 164 valence electrons. The smallest absolute Gasteiger partial charge is 0.269 e. The molecule has 0 saturated carbocycles. The second kappa shape index (κ2) is 8.94. The van der Waals surface area contributed by atoms with Gasteiger partial charge in [0, 0.05) is 30.4 Å². The highest BCUT2D eigenvalue weighted by Gasteiger charge is 2.17. The van der Waals surface area contributed by atoms with Crippen LogP contribution in [0.4, 0.5) is 5.82 Å². The number of anilines is 1. The Kier molecular flexibility index (Phi) is 6.07. The maximum absolute atomic E-state index is 13.0. The van der Waals surface area contributed by atoms with Crippen molar-refractivity contribution in [1.29, 1.82) is 0 Å². The molecule has 32 heavy (non-hydrogen) atoms. The molecule has 0 saturated heterocycles. The van der Waals surface area contributed by atoms with E-state index in [0.717, 1.165) is 33.3 Å². The average molecular weight is 451 g/mol. The molecule has 0 atom stereocenters. The number of pyridine rings is 2. The van der Waals surface area contributed by atoms with Crippen molar-refractivity contribution in [1.82, 2.24) is 24.8 Å². The monoisotopic (exact) mass is 450 g/mol. The quantitative estimate of drug-likeness (QED) is 0.415. The Balaban J connectivity index is 1.58. The van der Waals surface area contributed by atoms with Gasteiger partial charge in [-0.25, -0.2) is 9.97 Å². The van der Waals surface area contributed by atoms with Crippen LogP contribution < -0.4 is 11.1 Å². The van der Waals surface area contributed by atoms with E-state index in [1.54, 1.807) is 16.8 Å². The van der Waals surface area contributed by atoms with E-state index in [9.17, 15) is 9.90 Å². The van der Waals surface area contributed by atoms with Crippen LogP contribution in [0.1, 0.15) is 38.7 Å². The molecule has 1 amide bonds. The number of aryl methyl sites for hydroxylation is 2. The fourth-order valence-corrected chi connectivity index (χ4v) is 3.91. The number of aromatic nitrogens is 4. The first-order chi connectivity index (χ1) is 15.4. The maximum atomic E-state index is 13.0. The standard InChI is InChI=1S/C23H23ClN6O2/c1-13-5-21(25)29-14(2)18(13)9-28-23(32)20-10-27-22(12-31)30(20)11-15-3-4-19-16(6-15)7-17(24)8-26-19/h3-8,10,31H,9,11-12H2,1-2H3,(H2,25,29)(H,28,32). The molecule has 0 aliphatic rings. The van der Waals surface area contributed by atoms with Crippen molar-refractivity contribution < 1.29 is 9.90 Å². The summed E-state index contributed by atoms with van der Waals surface area (Å²) in [4.78, 5) is 25.8. The Morgan fingerprint density at radius 1 is 1.19 bits per heavy atom. The van der Waals surface area contributed by atoms with Crippen molar-refractivity contribution in [3.8, 4) is 0 Å². The molecule has 0 radical (unpaired) electrons. The van der Waals surface area contributed by atoms with Crippen LogP contribution in [-0.2, 0) is 19.7 Å². The molecular weight excluding hydrogens is 428 g/mol. The van der Waals surface area contributed by atoms with Crippen LogP contribution in [0.5, 0.6) is 0 Å². The Morgan fingerprint density at radius 3 is 2.75 bits per heavy atom. The Hall–Kier alpha value is -3.49. The number of fused-ring (bicyclic) bond motifs is 1. The van der Waals surface area contributed by atoms with Gasteiger partial charge in [0.25, 0.3) is 5.91 Å². The molecule has 9 heteroatoms. The second-order valence-corrected chi connectivity index (χ2v) is 8.03. The molecule has 3 heterocycles. The highest BCUT2D eigenvalue weighted by atomic mass is 35.5. The van der Waals surface area contributed by atoms with E-state index in [1.807, 2.05) is 38.1 Å². The number of nitrogens with two attached hydrogens (primary N) is 1. The lowest BCUT2D eigenvalue weighted by atomic mass is 10.1. The fraction of sp³-hybridized carbons (Fsp3) is 0.217. The van der Waals surface area contributed by atoms with Crippen molar-refractivity contribution in [2.45, 2.75) is 33.5 Å². The topological polar surface area (TPSA) is 119 Å². The van der Waals surface area contributed by atoms with Crippen molar-refractivity contribution in [3.63, 3.8) is 0 Å². The van der Waals surface area contributed by atoms with E-state index in [4.69, 9.17) is 17.3 Å². The summed E-state index contributed by atoms with van der Waals surface area (Å²) >= 11 is 6.07. The first-order valence-corrected chi connectivity index (χ1v) is 10.4. The van der Waals surface area contributed by atoms with Gasteiger partial charge >= 0.3 is 0 Å². The molecule has 0 aliphatic heterocycles. The Morgan fingerprint density at radius 2 is 2.00 bits per heavy atom. The van der Waals surface area contributed by atoms with Crippen molar-refractivity contribution in [2.75, 3.05) is 5.73 Å². The van der Waals surface area contributed by atoms with Gasteiger partial charge in [-0.15, -0.1) is 0 Å². The van der Waals surface area contributed by atoms with Crippen molar-refractivity contribution >= 4 is 34.2 Å². The van der Waals surface area contributed by atoms with Gasteiger partial charge < -0.3 is 20.7 Å². The Labute approximate surface area is 190 Å². The predicted octanol–water partition coefficient (Wildman–Crippen LogP) is 3.15. The summed E-state index contributed by atoms with van der Waals surface area (Å²) in [5.41, 5.74) is 10.5. The molecule has 0 unspecified atom stereocenters. The molecule has 0 fully saturated rings. The minimum absolute atomic E-state index is 0.283. The van der Waals surface area contributed by atoms with Gasteiger partial charge in [0.15, 0.2) is 0 Å². The van der Waals surface area contributed by atoms with Gasteiger partial charge in [-0.1, -0.05) is 17.7 Å². The van der Waals surface area contributed by atoms with E-state index >= 15 is 0 Å². The fourth-order valence-electron chi connectivity index (χ4n) is 3.75.